The second-order valence-electron chi connectivity index (χ2n) is 5.36. The highest BCUT2D eigenvalue weighted by atomic mass is 127. The Labute approximate surface area is 135 Å². The minimum absolute atomic E-state index is 0. The van der Waals surface area contributed by atoms with Crippen LogP contribution < -0.4 is 10.6 Å². The lowest BCUT2D eigenvalue weighted by molar-refractivity contribution is 0.324. The van der Waals surface area contributed by atoms with Crippen LogP contribution in [0.1, 0.15) is 40.0 Å². The van der Waals surface area contributed by atoms with Crippen molar-refractivity contribution in [3.8, 4) is 0 Å². The van der Waals surface area contributed by atoms with E-state index in [0.717, 1.165) is 24.8 Å². The van der Waals surface area contributed by atoms with Crippen LogP contribution in [0, 0.1) is 5.92 Å². The molecule has 0 aromatic carbocycles. The lowest BCUT2D eigenvalue weighted by atomic mass is 10.1. The number of hydrogen-bond donors (Lipinski definition) is 2. The highest BCUT2D eigenvalue weighted by Gasteiger charge is 2.21. The first-order valence-corrected chi connectivity index (χ1v) is 7.39. The van der Waals surface area contributed by atoms with Crippen LogP contribution in [0.5, 0.6) is 0 Å². The Morgan fingerprint density at radius 3 is 2.74 bits per heavy atom. The molecule has 0 aliphatic carbocycles. The molecule has 0 amide bonds. The monoisotopic (exact) mass is 382 g/mol. The van der Waals surface area contributed by atoms with Crippen molar-refractivity contribution in [2.75, 3.05) is 33.2 Å². The molecule has 2 atom stereocenters. The van der Waals surface area contributed by atoms with Gasteiger partial charge in [0, 0.05) is 26.2 Å². The Morgan fingerprint density at radius 2 is 2.16 bits per heavy atom. The van der Waals surface area contributed by atoms with E-state index in [1.165, 1.54) is 32.5 Å². The molecule has 19 heavy (non-hydrogen) atoms. The van der Waals surface area contributed by atoms with Crippen molar-refractivity contribution >= 4 is 29.9 Å². The van der Waals surface area contributed by atoms with Crippen LogP contribution >= 0.6 is 24.0 Å². The number of guanidine groups is 1. The van der Waals surface area contributed by atoms with Gasteiger partial charge in [0.25, 0.3) is 0 Å². The topological polar surface area (TPSA) is 39.7 Å². The summed E-state index contributed by atoms with van der Waals surface area (Å²) in [4.78, 5) is 6.84. The van der Waals surface area contributed by atoms with Gasteiger partial charge < -0.3 is 15.5 Å². The molecule has 1 fully saturated rings. The molecule has 1 rings (SSSR count). The number of hydrogen-bond acceptors (Lipinski definition) is 2. The molecule has 0 aromatic rings. The van der Waals surface area contributed by atoms with E-state index < -0.39 is 0 Å². The van der Waals surface area contributed by atoms with Crippen LogP contribution in [0.15, 0.2) is 4.99 Å². The third kappa shape index (κ3) is 7.34. The summed E-state index contributed by atoms with van der Waals surface area (Å²) < 4.78 is 0. The van der Waals surface area contributed by atoms with Crippen molar-refractivity contribution in [2.45, 2.75) is 46.1 Å². The first-order valence-electron chi connectivity index (χ1n) is 7.39. The predicted molar refractivity (Wildman–Crippen MR) is 94.5 cm³/mol. The largest absolute Gasteiger partial charge is 0.356 e. The molecule has 114 valence electrons. The van der Waals surface area contributed by atoms with Crippen LogP contribution in [0.3, 0.4) is 0 Å². The minimum atomic E-state index is 0. The molecule has 2 N–H and O–H groups in total. The summed E-state index contributed by atoms with van der Waals surface area (Å²) in [5, 5.41) is 6.85. The third-order valence-electron chi connectivity index (χ3n) is 3.69. The Kier molecular flexibility index (Phi) is 10.7. The molecule has 2 unspecified atom stereocenters. The Bertz CT molecular complexity index is 258. The zero-order chi connectivity index (χ0) is 13.4. The van der Waals surface area contributed by atoms with Crippen molar-refractivity contribution in [3.63, 3.8) is 0 Å². The molecule has 0 saturated carbocycles. The maximum Gasteiger partial charge on any atom is 0.191 e. The van der Waals surface area contributed by atoms with E-state index in [2.05, 4.69) is 41.3 Å². The van der Waals surface area contributed by atoms with Gasteiger partial charge in [-0.15, -0.1) is 24.0 Å². The van der Waals surface area contributed by atoms with E-state index in [9.17, 15) is 0 Å². The van der Waals surface area contributed by atoms with Crippen LogP contribution in [0.25, 0.3) is 0 Å². The lowest BCUT2D eigenvalue weighted by Crippen LogP contribution is -2.43. The van der Waals surface area contributed by atoms with E-state index in [1.54, 1.807) is 0 Å². The molecule has 1 saturated heterocycles. The molecule has 1 aliphatic rings. The lowest BCUT2D eigenvalue weighted by Gasteiger charge is -2.19. The predicted octanol–water partition coefficient (Wildman–Crippen LogP) is 2.30. The number of nitrogens with zero attached hydrogens (tertiary/aromatic N) is 2. The fourth-order valence-electron chi connectivity index (χ4n) is 2.37. The van der Waals surface area contributed by atoms with Gasteiger partial charge in [0.2, 0.25) is 0 Å². The minimum Gasteiger partial charge on any atom is -0.356 e. The Hall–Kier alpha value is -0.0400. The van der Waals surface area contributed by atoms with Crippen molar-refractivity contribution in [2.24, 2.45) is 10.9 Å². The number of rotatable bonds is 6. The van der Waals surface area contributed by atoms with Gasteiger partial charge in [-0.1, -0.05) is 13.8 Å². The normalized spacial score (nSPS) is 21.9. The molecule has 1 heterocycles. The quantitative estimate of drug-likeness (QED) is 0.421. The molecular formula is C14H31IN4. The first kappa shape index (κ1) is 19.0. The summed E-state index contributed by atoms with van der Waals surface area (Å²) in [5.74, 6) is 1.71. The second kappa shape index (κ2) is 10.7. The summed E-state index contributed by atoms with van der Waals surface area (Å²) in [6, 6.07) is 0.483. The highest BCUT2D eigenvalue weighted by molar-refractivity contribution is 14.0. The van der Waals surface area contributed by atoms with Crippen LogP contribution in [-0.2, 0) is 0 Å². The highest BCUT2D eigenvalue weighted by Crippen LogP contribution is 2.15. The van der Waals surface area contributed by atoms with Crippen molar-refractivity contribution in [1.29, 1.82) is 0 Å². The van der Waals surface area contributed by atoms with E-state index in [-0.39, 0.29) is 24.0 Å². The zero-order valence-corrected chi connectivity index (χ0v) is 15.2. The Morgan fingerprint density at radius 1 is 1.42 bits per heavy atom. The fraction of sp³-hybridized carbons (Fsp3) is 0.929. The summed E-state index contributed by atoms with van der Waals surface area (Å²) in [5.41, 5.74) is 0. The maximum absolute atomic E-state index is 4.27. The number of likely N-dealkylation sites (tertiary alicyclic amines) is 1. The van der Waals surface area contributed by atoms with Gasteiger partial charge in [0.15, 0.2) is 5.96 Å². The smallest absolute Gasteiger partial charge is 0.191 e. The van der Waals surface area contributed by atoms with E-state index >= 15 is 0 Å². The van der Waals surface area contributed by atoms with Gasteiger partial charge in [-0.25, -0.2) is 0 Å². The van der Waals surface area contributed by atoms with Crippen LogP contribution in [-0.4, -0.2) is 50.1 Å². The standard InChI is InChI=1S/C14H30N4.HI/c1-5-8-18-9-7-13(11-18)10-16-14(15-4)17-12(3)6-2;/h12-13H,5-11H2,1-4H3,(H2,15,16,17);1H. The Balaban J connectivity index is 0.00000324. The number of aliphatic imine (C=N–C) groups is 1. The maximum atomic E-state index is 4.27. The molecular weight excluding hydrogens is 351 g/mol. The summed E-state index contributed by atoms with van der Waals surface area (Å²) >= 11 is 0. The van der Waals surface area contributed by atoms with Gasteiger partial charge in [0.1, 0.15) is 0 Å². The van der Waals surface area contributed by atoms with Crippen molar-refractivity contribution < 1.29 is 0 Å². The number of halogens is 1. The fourth-order valence-corrected chi connectivity index (χ4v) is 2.37. The summed E-state index contributed by atoms with van der Waals surface area (Å²) in [7, 11) is 1.84. The van der Waals surface area contributed by atoms with E-state index in [0.29, 0.717) is 6.04 Å². The third-order valence-corrected chi connectivity index (χ3v) is 3.69. The SMILES string of the molecule is CCCN1CCC(CNC(=NC)NC(C)CC)C1.I. The first-order chi connectivity index (χ1) is 8.69. The summed E-state index contributed by atoms with van der Waals surface area (Å²) in [6.07, 6.45) is 3.69. The molecule has 0 aromatic heterocycles. The average Bonchev–Trinajstić information content (AvgIpc) is 2.82. The molecule has 5 heteroatoms. The molecule has 1 aliphatic heterocycles. The zero-order valence-electron chi connectivity index (χ0n) is 12.9. The van der Waals surface area contributed by atoms with Gasteiger partial charge in [0.05, 0.1) is 0 Å². The second-order valence-corrected chi connectivity index (χ2v) is 5.36. The van der Waals surface area contributed by atoms with Crippen LogP contribution in [0.4, 0.5) is 0 Å². The van der Waals surface area contributed by atoms with Gasteiger partial charge >= 0.3 is 0 Å². The molecule has 0 spiro atoms. The van der Waals surface area contributed by atoms with Gasteiger partial charge in [-0.2, -0.15) is 0 Å². The van der Waals surface area contributed by atoms with Crippen molar-refractivity contribution in [3.05, 3.63) is 0 Å². The summed E-state index contributed by atoms with van der Waals surface area (Å²) in [6.45, 7) is 11.4. The van der Waals surface area contributed by atoms with Crippen molar-refractivity contribution in [1.82, 2.24) is 15.5 Å². The van der Waals surface area contributed by atoms with Crippen LogP contribution in [0.2, 0.25) is 0 Å². The molecule has 0 bridgehead atoms. The molecule has 4 nitrogen and oxygen atoms in total. The van der Waals surface area contributed by atoms with Gasteiger partial charge in [-0.3, -0.25) is 4.99 Å². The van der Waals surface area contributed by atoms with Gasteiger partial charge in [-0.05, 0) is 45.2 Å². The number of nitrogens with one attached hydrogen (secondary N) is 2. The van der Waals surface area contributed by atoms with E-state index in [4.69, 9.17) is 0 Å². The average molecular weight is 382 g/mol. The van der Waals surface area contributed by atoms with E-state index in [1.807, 2.05) is 7.05 Å². The molecule has 0 radical (unpaired) electrons.